The Hall–Kier alpha value is -1.08. The Kier molecular flexibility index (Phi) is 3.48. The van der Waals surface area contributed by atoms with E-state index in [9.17, 15) is 8.42 Å². The molecule has 80 valence electrons. The minimum absolute atomic E-state index is 0.0675. The number of sulfonamides is 1. The molecule has 0 aromatic carbocycles. The molecule has 0 unspecified atom stereocenters. The maximum Gasteiger partial charge on any atom is 0.236 e. The smallest absolute Gasteiger partial charge is 0.236 e. The van der Waals surface area contributed by atoms with Crippen LogP contribution in [0.2, 0.25) is 0 Å². The number of aryl methyl sites for hydroxylation is 1. The predicted molar refractivity (Wildman–Crippen MR) is 52.6 cm³/mol. The molecule has 0 fully saturated rings. The fraction of sp³-hybridized carbons (Fsp3) is 0.571. The molecule has 2 N–H and O–H groups in total. The van der Waals surface area contributed by atoms with Gasteiger partial charge in [0.2, 0.25) is 10.0 Å². The predicted octanol–water partition coefficient (Wildman–Crippen LogP) is 0.106. The molecule has 0 radical (unpaired) electrons. The standard InChI is InChI=1S/C7H13N3O3S/c1-6-5-8-9-7(6)10-14(11,12)4-3-13-2/h5H,3-4H2,1-2H3,(H2,8,9,10). The first kappa shape index (κ1) is 11.0. The summed E-state index contributed by atoms with van der Waals surface area (Å²) in [7, 11) is -1.88. The van der Waals surface area contributed by atoms with Gasteiger partial charge in [-0.05, 0) is 6.92 Å². The van der Waals surface area contributed by atoms with Gasteiger partial charge in [-0.25, -0.2) is 8.42 Å². The quantitative estimate of drug-likeness (QED) is 0.736. The van der Waals surface area contributed by atoms with E-state index >= 15 is 0 Å². The van der Waals surface area contributed by atoms with E-state index in [4.69, 9.17) is 0 Å². The Balaban J connectivity index is 2.64. The largest absolute Gasteiger partial charge is 0.384 e. The first-order valence-electron chi connectivity index (χ1n) is 4.04. The van der Waals surface area contributed by atoms with Gasteiger partial charge >= 0.3 is 0 Å². The highest BCUT2D eigenvalue weighted by atomic mass is 32.2. The second-order valence-electron chi connectivity index (χ2n) is 2.84. The normalized spacial score (nSPS) is 11.6. The second kappa shape index (κ2) is 4.43. The summed E-state index contributed by atoms with van der Waals surface area (Å²) in [6, 6.07) is 0. The van der Waals surface area contributed by atoms with E-state index < -0.39 is 10.0 Å². The SMILES string of the molecule is COCCS(=O)(=O)Nc1[nH]ncc1C. The molecule has 1 aromatic rings. The van der Waals surface area contributed by atoms with Crippen LogP contribution < -0.4 is 4.72 Å². The number of nitrogens with zero attached hydrogens (tertiary/aromatic N) is 1. The number of nitrogens with one attached hydrogen (secondary N) is 2. The third-order valence-electron chi connectivity index (χ3n) is 1.64. The van der Waals surface area contributed by atoms with Crippen molar-refractivity contribution in [1.29, 1.82) is 0 Å². The Morgan fingerprint density at radius 1 is 1.64 bits per heavy atom. The van der Waals surface area contributed by atoms with E-state index in [1.165, 1.54) is 7.11 Å². The molecule has 6 nitrogen and oxygen atoms in total. The molecule has 0 saturated heterocycles. The minimum atomic E-state index is -3.34. The molecule has 14 heavy (non-hydrogen) atoms. The summed E-state index contributed by atoms with van der Waals surface area (Å²) >= 11 is 0. The summed E-state index contributed by atoms with van der Waals surface area (Å²) in [5, 5.41) is 6.26. The Morgan fingerprint density at radius 2 is 2.36 bits per heavy atom. The van der Waals surface area contributed by atoms with Gasteiger partial charge in [0.05, 0.1) is 18.6 Å². The van der Waals surface area contributed by atoms with Crippen LogP contribution in [-0.4, -0.2) is 38.1 Å². The molecule has 1 aromatic heterocycles. The molecule has 0 aliphatic heterocycles. The van der Waals surface area contributed by atoms with Crippen LogP contribution in [0.25, 0.3) is 0 Å². The summed E-state index contributed by atoms with van der Waals surface area (Å²) in [5.41, 5.74) is 0.756. The third kappa shape index (κ3) is 3.00. The summed E-state index contributed by atoms with van der Waals surface area (Å²) in [5.74, 6) is 0.336. The van der Waals surface area contributed by atoms with E-state index in [2.05, 4.69) is 19.7 Å². The van der Waals surface area contributed by atoms with Gasteiger partial charge in [0, 0.05) is 12.7 Å². The number of hydrogen-bond donors (Lipinski definition) is 2. The van der Waals surface area contributed by atoms with Crippen molar-refractivity contribution in [3.63, 3.8) is 0 Å². The average molecular weight is 219 g/mol. The van der Waals surface area contributed by atoms with Crippen LogP contribution in [-0.2, 0) is 14.8 Å². The Bertz CT molecular complexity index is 385. The van der Waals surface area contributed by atoms with Crippen LogP contribution in [0.5, 0.6) is 0 Å². The topological polar surface area (TPSA) is 84.1 Å². The zero-order valence-electron chi connectivity index (χ0n) is 8.07. The Morgan fingerprint density at radius 3 is 2.86 bits per heavy atom. The molecular weight excluding hydrogens is 206 g/mol. The molecule has 0 bridgehead atoms. The number of aromatic nitrogens is 2. The number of methoxy groups -OCH3 is 1. The van der Waals surface area contributed by atoms with Crippen LogP contribution in [0.15, 0.2) is 6.20 Å². The fourth-order valence-electron chi connectivity index (χ4n) is 0.849. The van der Waals surface area contributed by atoms with Crippen LogP contribution >= 0.6 is 0 Å². The molecule has 1 rings (SSSR count). The van der Waals surface area contributed by atoms with Gasteiger partial charge in [-0.3, -0.25) is 9.82 Å². The van der Waals surface area contributed by atoms with Crippen LogP contribution in [0.1, 0.15) is 5.56 Å². The van der Waals surface area contributed by atoms with E-state index in [0.29, 0.717) is 5.82 Å². The number of rotatable bonds is 5. The van der Waals surface area contributed by atoms with Crippen molar-refractivity contribution in [3.05, 3.63) is 11.8 Å². The van der Waals surface area contributed by atoms with E-state index in [1.807, 2.05) is 0 Å². The highest BCUT2D eigenvalue weighted by Crippen LogP contribution is 2.10. The van der Waals surface area contributed by atoms with Crippen LogP contribution in [0.3, 0.4) is 0 Å². The lowest BCUT2D eigenvalue weighted by molar-refractivity contribution is 0.217. The zero-order valence-corrected chi connectivity index (χ0v) is 8.89. The third-order valence-corrected chi connectivity index (χ3v) is 2.86. The average Bonchev–Trinajstić information content (AvgIpc) is 2.48. The van der Waals surface area contributed by atoms with E-state index in [0.717, 1.165) is 5.56 Å². The Labute approximate surface area is 82.7 Å². The van der Waals surface area contributed by atoms with Crippen LogP contribution in [0.4, 0.5) is 5.82 Å². The highest BCUT2D eigenvalue weighted by Gasteiger charge is 2.12. The molecule has 1 heterocycles. The second-order valence-corrected chi connectivity index (χ2v) is 4.68. The first-order chi connectivity index (χ1) is 6.55. The molecule has 0 atom stereocenters. The fourth-order valence-corrected chi connectivity index (χ4v) is 1.86. The van der Waals surface area contributed by atoms with Crippen molar-refractivity contribution < 1.29 is 13.2 Å². The number of aromatic amines is 1. The first-order valence-corrected chi connectivity index (χ1v) is 5.70. The van der Waals surface area contributed by atoms with Gasteiger partial charge in [-0.1, -0.05) is 0 Å². The molecule has 0 aliphatic rings. The van der Waals surface area contributed by atoms with E-state index in [-0.39, 0.29) is 12.4 Å². The minimum Gasteiger partial charge on any atom is -0.384 e. The van der Waals surface area contributed by atoms with Gasteiger partial charge < -0.3 is 4.74 Å². The summed E-state index contributed by atoms with van der Waals surface area (Å²) < 4.78 is 29.8. The van der Waals surface area contributed by atoms with Crippen molar-refractivity contribution in [1.82, 2.24) is 10.2 Å². The molecule has 0 spiro atoms. The van der Waals surface area contributed by atoms with Crippen molar-refractivity contribution in [2.75, 3.05) is 24.2 Å². The monoisotopic (exact) mass is 219 g/mol. The van der Waals surface area contributed by atoms with Crippen molar-refractivity contribution >= 4 is 15.8 Å². The van der Waals surface area contributed by atoms with E-state index in [1.54, 1.807) is 13.1 Å². The van der Waals surface area contributed by atoms with Crippen LogP contribution in [0, 0.1) is 6.92 Å². The maximum absolute atomic E-state index is 11.4. The number of ether oxygens (including phenoxy) is 1. The highest BCUT2D eigenvalue weighted by molar-refractivity contribution is 7.92. The zero-order chi connectivity index (χ0) is 10.6. The number of hydrogen-bond acceptors (Lipinski definition) is 4. The molecular formula is C7H13N3O3S. The lowest BCUT2D eigenvalue weighted by Crippen LogP contribution is -2.20. The molecule has 0 saturated carbocycles. The maximum atomic E-state index is 11.4. The number of anilines is 1. The number of H-pyrrole nitrogens is 1. The summed E-state index contributed by atoms with van der Waals surface area (Å²) in [4.78, 5) is 0. The summed E-state index contributed by atoms with van der Waals surface area (Å²) in [6.07, 6.45) is 1.55. The molecule has 0 aliphatic carbocycles. The molecule has 7 heteroatoms. The van der Waals surface area contributed by atoms with Crippen molar-refractivity contribution in [2.45, 2.75) is 6.92 Å². The van der Waals surface area contributed by atoms with Gasteiger partial charge in [0.1, 0.15) is 5.82 Å². The summed E-state index contributed by atoms with van der Waals surface area (Å²) in [6.45, 7) is 1.93. The van der Waals surface area contributed by atoms with Crippen molar-refractivity contribution in [3.8, 4) is 0 Å². The lowest BCUT2D eigenvalue weighted by atomic mass is 10.4. The van der Waals surface area contributed by atoms with Gasteiger partial charge in [-0.15, -0.1) is 0 Å². The van der Waals surface area contributed by atoms with Gasteiger partial charge in [0.15, 0.2) is 0 Å². The lowest BCUT2D eigenvalue weighted by Gasteiger charge is -2.05. The molecule has 0 amide bonds. The van der Waals surface area contributed by atoms with Gasteiger partial charge in [-0.2, -0.15) is 5.10 Å². The van der Waals surface area contributed by atoms with Gasteiger partial charge in [0.25, 0.3) is 0 Å². The van der Waals surface area contributed by atoms with Crippen molar-refractivity contribution in [2.24, 2.45) is 0 Å².